The molecule has 4 nitrogen and oxygen atoms in total. The van der Waals surface area contributed by atoms with Crippen molar-refractivity contribution in [2.24, 2.45) is 0 Å². The fourth-order valence-electron chi connectivity index (χ4n) is 2.89. The van der Waals surface area contributed by atoms with Crippen LogP contribution in [-0.2, 0) is 13.0 Å². The molecule has 0 spiro atoms. The first-order valence-electron chi connectivity index (χ1n) is 7.56. The number of alkyl halides is 1. The van der Waals surface area contributed by atoms with Gasteiger partial charge in [-0.2, -0.15) is 5.10 Å². The van der Waals surface area contributed by atoms with Crippen molar-refractivity contribution in [2.45, 2.75) is 63.9 Å². The van der Waals surface area contributed by atoms with Crippen molar-refractivity contribution in [2.75, 3.05) is 7.05 Å². The highest BCUT2D eigenvalue weighted by molar-refractivity contribution is 6.21. The molecule has 1 amide bonds. The van der Waals surface area contributed by atoms with Gasteiger partial charge in [-0.25, -0.2) is 0 Å². The van der Waals surface area contributed by atoms with Crippen LogP contribution < -0.4 is 0 Å². The number of aryl methyl sites for hydroxylation is 2. The Labute approximate surface area is 126 Å². The number of aromatic nitrogens is 2. The molecule has 112 valence electrons. The fourth-order valence-corrected chi connectivity index (χ4v) is 3.34. The Hall–Kier alpha value is -1.03. The summed E-state index contributed by atoms with van der Waals surface area (Å²) in [6, 6.07) is 2.05. The van der Waals surface area contributed by atoms with Crippen LogP contribution in [0.1, 0.15) is 55.7 Å². The monoisotopic (exact) mass is 297 g/mol. The molecule has 1 heterocycles. The molecule has 0 aliphatic heterocycles. The third-order valence-electron chi connectivity index (χ3n) is 4.18. The number of amides is 1. The van der Waals surface area contributed by atoms with Gasteiger partial charge < -0.3 is 4.90 Å². The van der Waals surface area contributed by atoms with Gasteiger partial charge in [0, 0.05) is 19.6 Å². The molecular weight excluding hydrogens is 274 g/mol. The van der Waals surface area contributed by atoms with Crippen LogP contribution in [0.15, 0.2) is 6.07 Å². The number of hydrogen-bond acceptors (Lipinski definition) is 2. The maximum atomic E-state index is 12.7. The van der Waals surface area contributed by atoms with Gasteiger partial charge in [0.05, 0.1) is 11.1 Å². The molecule has 5 heteroatoms. The topological polar surface area (TPSA) is 38.1 Å². The van der Waals surface area contributed by atoms with E-state index in [1.807, 2.05) is 24.9 Å². The van der Waals surface area contributed by atoms with Crippen molar-refractivity contribution in [3.63, 3.8) is 0 Å². The van der Waals surface area contributed by atoms with Crippen molar-refractivity contribution >= 4 is 17.5 Å². The molecule has 2 rings (SSSR count). The number of carbonyl (C=O) groups is 1. The SMILES string of the molecule is CCc1cc(C(=O)N(C)C2CCCCC2Cl)n(CC)n1. The molecular formula is C15H24ClN3O. The van der Waals surface area contributed by atoms with Crippen LogP contribution in [0.25, 0.3) is 0 Å². The van der Waals surface area contributed by atoms with Crippen LogP contribution in [0.3, 0.4) is 0 Å². The van der Waals surface area contributed by atoms with Crippen LogP contribution in [-0.4, -0.2) is 39.1 Å². The van der Waals surface area contributed by atoms with E-state index in [1.54, 1.807) is 4.68 Å². The van der Waals surface area contributed by atoms with Gasteiger partial charge in [0.1, 0.15) is 5.69 Å². The van der Waals surface area contributed by atoms with Gasteiger partial charge >= 0.3 is 0 Å². The number of halogens is 1. The molecule has 0 aromatic carbocycles. The highest BCUT2D eigenvalue weighted by Crippen LogP contribution is 2.27. The maximum absolute atomic E-state index is 12.7. The number of carbonyl (C=O) groups excluding carboxylic acids is 1. The lowest BCUT2D eigenvalue weighted by atomic mass is 9.93. The third kappa shape index (κ3) is 3.00. The first-order chi connectivity index (χ1) is 9.58. The smallest absolute Gasteiger partial charge is 0.272 e. The molecule has 20 heavy (non-hydrogen) atoms. The van der Waals surface area contributed by atoms with Crippen LogP contribution in [0.4, 0.5) is 0 Å². The van der Waals surface area contributed by atoms with Gasteiger partial charge in [-0.05, 0) is 32.3 Å². The van der Waals surface area contributed by atoms with Gasteiger partial charge in [-0.15, -0.1) is 11.6 Å². The van der Waals surface area contributed by atoms with Gasteiger partial charge in [0.15, 0.2) is 0 Å². The molecule has 2 unspecified atom stereocenters. The van der Waals surface area contributed by atoms with Gasteiger partial charge in [-0.1, -0.05) is 19.8 Å². The summed E-state index contributed by atoms with van der Waals surface area (Å²) in [6.45, 7) is 4.77. The van der Waals surface area contributed by atoms with Crippen molar-refractivity contribution in [1.82, 2.24) is 14.7 Å². The first kappa shape index (κ1) is 15.4. The van der Waals surface area contributed by atoms with E-state index in [0.29, 0.717) is 12.2 Å². The second-order valence-corrected chi connectivity index (χ2v) is 6.03. The molecule has 1 aliphatic rings. The van der Waals surface area contributed by atoms with Crippen LogP contribution in [0.2, 0.25) is 0 Å². The van der Waals surface area contributed by atoms with Crippen LogP contribution in [0.5, 0.6) is 0 Å². The lowest BCUT2D eigenvalue weighted by molar-refractivity contribution is 0.0688. The lowest BCUT2D eigenvalue weighted by Crippen LogP contribution is -2.44. The highest BCUT2D eigenvalue weighted by atomic mass is 35.5. The predicted octanol–water partition coefficient (Wildman–Crippen LogP) is 3.09. The summed E-state index contributed by atoms with van der Waals surface area (Å²) in [5, 5.41) is 4.52. The Kier molecular flexibility index (Phi) is 5.08. The zero-order chi connectivity index (χ0) is 14.7. The van der Waals surface area contributed by atoms with E-state index in [1.165, 1.54) is 6.42 Å². The average Bonchev–Trinajstić information content (AvgIpc) is 2.89. The van der Waals surface area contributed by atoms with Crippen molar-refractivity contribution in [3.05, 3.63) is 17.5 Å². The normalized spacial score (nSPS) is 22.8. The fraction of sp³-hybridized carbons (Fsp3) is 0.733. The van der Waals surface area contributed by atoms with Crippen molar-refractivity contribution in [1.29, 1.82) is 0 Å². The molecule has 1 aliphatic carbocycles. The number of hydrogen-bond donors (Lipinski definition) is 0. The molecule has 0 saturated heterocycles. The van der Waals surface area contributed by atoms with Crippen LogP contribution in [0, 0.1) is 0 Å². The second kappa shape index (κ2) is 6.61. The Balaban J connectivity index is 2.19. The molecule has 2 atom stereocenters. The van der Waals surface area contributed by atoms with E-state index < -0.39 is 0 Å². The summed E-state index contributed by atoms with van der Waals surface area (Å²) in [6.07, 6.45) is 5.16. The third-order valence-corrected chi connectivity index (χ3v) is 4.69. The Morgan fingerprint density at radius 1 is 1.45 bits per heavy atom. The largest absolute Gasteiger partial charge is 0.336 e. The van der Waals surface area contributed by atoms with E-state index in [9.17, 15) is 4.79 Å². The Morgan fingerprint density at radius 3 is 2.75 bits per heavy atom. The summed E-state index contributed by atoms with van der Waals surface area (Å²) in [5.74, 6) is 0.0385. The summed E-state index contributed by atoms with van der Waals surface area (Å²) >= 11 is 6.40. The summed E-state index contributed by atoms with van der Waals surface area (Å²) in [7, 11) is 1.87. The van der Waals surface area contributed by atoms with E-state index in [-0.39, 0.29) is 17.3 Å². The zero-order valence-corrected chi connectivity index (χ0v) is 13.4. The molecule has 0 bridgehead atoms. The summed E-state index contributed by atoms with van der Waals surface area (Å²) in [5.41, 5.74) is 1.65. The molecule has 1 aromatic heterocycles. The van der Waals surface area contributed by atoms with E-state index in [4.69, 9.17) is 11.6 Å². The molecule has 1 saturated carbocycles. The van der Waals surface area contributed by atoms with Gasteiger partial charge in [0.2, 0.25) is 0 Å². The minimum atomic E-state index is 0.0385. The van der Waals surface area contributed by atoms with Gasteiger partial charge in [-0.3, -0.25) is 9.48 Å². The van der Waals surface area contributed by atoms with E-state index in [2.05, 4.69) is 12.0 Å². The molecule has 1 aromatic rings. The maximum Gasteiger partial charge on any atom is 0.272 e. The summed E-state index contributed by atoms with van der Waals surface area (Å²) in [4.78, 5) is 14.5. The first-order valence-corrected chi connectivity index (χ1v) is 8.00. The summed E-state index contributed by atoms with van der Waals surface area (Å²) < 4.78 is 1.80. The Bertz CT molecular complexity index is 472. The Morgan fingerprint density at radius 2 is 2.15 bits per heavy atom. The van der Waals surface area contributed by atoms with Crippen molar-refractivity contribution < 1.29 is 4.79 Å². The predicted molar refractivity (Wildman–Crippen MR) is 81.3 cm³/mol. The second-order valence-electron chi connectivity index (χ2n) is 5.47. The number of nitrogens with zero attached hydrogens (tertiary/aromatic N) is 3. The van der Waals surface area contributed by atoms with Crippen molar-refractivity contribution in [3.8, 4) is 0 Å². The lowest BCUT2D eigenvalue weighted by Gasteiger charge is -2.34. The van der Waals surface area contributed by atoms with E-state index in [0.717, 1.165) is 31.4 Å². The van der Waals surface area contributed by atoms with Crippen LogP contribution >= 0.6 is 11.6 Å². The van der Waals surface area contributed by atoms with Gasteiger partial charge in [0.25, 0.3) is 5.91 Å². The molecule has 1 fully saturated rings. The van der Waals surface area contributed by atoms with E-state index >= 15 is 0 Å². The average molecular weight is 298 g/mol. The highest BCUT2D eigenvalue weighted by Gasteiger charge is 2.31. The molecule has 0 radical (unpaired) electrons. The standard InChI is InChI=1S/C15H24ClN3O/c1-4-11-10-14(19(5-2)17-11)15(20)18(3)13-9-7-6-8-12(13)16/h10,12-13H,4-9H2,1-3H3. The minimum absolute atomic E-state index is 0.0385. The number of rotatable bonds is 4. The quantitative estimate of drug-likeness (QED) is 0.801. The molecule has 0 N–H and O–H groups in total. The minimum Gasteiger partial charge on any atom is -0.336 e. The zero-order valence-electron chi connectivity index (χ0n) is 12.6.